The molecule has 1 aliphatic heterocycles. The maximum absolute atomic E-state index is 12.2. The van der Waals surface area contributed by atoms with Crippen molar-refractivity contribution in [1.29, 1.82) is 0 Å². The molecule has 1 aliphatic rings. The molecule has 0 radical (unpaired) electrons. The fourth-order valence-electron chi connectivity index (χ4n) is 3.59. The highest BCUT2D eigenvalue weighted by atomic mass is 32.2. The molecule has 26 heavy (non-hydrogen) atoms. The zero-order chi connectivity index (χ0) is 19.3. The average molecular weight is 401 g/mol. The van der Waals surface area contributed by atoms with Crippen molar-refractivity contribution in [2.24, 2.45) is 16.8 Å². The van der Waals surface area contributed by atoms with E-state index in [1.165, 1.54) is 34.9 Å². The van der Waals surface area contributed by atoms with Crippen molar-refractivity contribution < 1.29 is 8.42 Å². The third-order valence-corrected chi connectivity index (χ3v) is 8.61. The van der Waals surface area contributed by atoms with Crippen LogP contribution in [0, 0.1) is 11.8 Å². The molecule has 6 nitrogen and oxygen atoms in total. The van der Waals surface area contributed by atoms with Gasteiger partial charge in [0, 0.05) is 39.1 Å². The van der Waals surface area contributed by atoms with Gasteiger partial charge in [0.05, 0.1) is 6.54 Å². The number of nitrogens with one attached hydrogen (secondary N) is 1. The van der Waals surface area contributed by atoms with Gasteiger partial charge < -0.3 is 10.2 Å². The molecule has 1 atom stereocenters. The van der Waals surface area contributed by atoms with Crippen LogP contribution in [0.1, 0.15) is 38.0 Å². The highest BCUT2D eigenvalue weighted by Crippen LogP contribution is 2.29. The fraction of sp³-hybridized carbons (Fsp3) is 0.722. The number of nitrogens with zero attached hydrogens (tertiary/aromatic N) is 3. The third kappa shape index (κ3) is 4.78. The molecule has 0 aliphatic carbocycles. The predicted octanol–water partition coefficient (Wildman–Crippen LogP) is 2.83. The van der Waals surface area contributed by atoms with E-state index in [0.717, 1.165) is 35.8 Å². The van der Waals surface area contributed by atoms with Crippen LogP contribution in [0.5, 0.6) is 0 Å². The Labute approximate surface area is 162 Å². The Hall–Kier alpha value is -1.12. The van der Waals surface area contributed by atoms with E-state index in [2.05, 4.69) is 29.1 Å². The Balaban J connectivity index is 1.95. The summed E-state index contributed by atoms with van der Waals surface area (Å²) < 4.78 is 26.0. The lowest BCUT2D eigenvalue weighted by Gasteiger charge is -2.24. The minimum atomic E-state index is -3.36. The summed E-state index contributed by atoms with van der Waals surface area (Å²) in [5.74, 6) is 2.43. The zero-order valence-corrected chi connectivity index (χ0v) is 18.2. The van der Waals surface area contributed by atoms with Gasteiger partial charge in [0.25, 0.3) is 10.0 Å². The van der Waals surface area contributed by atoms with E-state index < -0.39 is 10.0 Å². The monoisotopic (exact) mass is 400 g/mol. The van der Waals surface area contributed by atoms with Gasteiger partial charge in [0.15, 0.2) is 5.96 Å². The number of guanidine groups is 1. The van der Waals surface area contributed by atoms with Crippen molar-refractivity contribution in [3.8, 4) is 0 Å². The zero-order valence-electron chi connectivity index (χ0n) is 16.5. The Morgan fingerprint density at radius 2 is 2.08 bits per heavy atom. The van der Waals surface area contributed by atoms with Crippen molar-refractivity contribution >= 4 is 27.3 Å². The summed E-state index contributed by atoms with van der Waals surface area (Å²) in [6.45, 7) is 7.23. The standard InChI is InChI=1S/C18H32N4O2S2/c1-6-14(7-2)15-10-11-22(13-15)18(19-3)20-12-16-8-9-17(25-16)26(23,24)21(4)5/h8-9,14-15H,6-7,10-13H2,1-5H3,(H,19,20). The summed E-state index contributed by atoms with van der Waals surface area (Å²) >= 11 is 1.31. The molecule has 1 aromatic rings. The first-order valence-electron chi connectivity index (χ1n) is 9.30. The molecule has 1 fully saturated rings. The van der Waals surface area contributed by atoms with E-state index in [9.17, 15) is 8.42 Å². The van der Waals surface area contributed by atoms with Crippen LogP contribution in [0.25, 0.3) is 0 Å². The number of rotatable bonds is 7. The lowest BCUT2D eigenvalue weighted by Crippen LogP contribution is -2.39. The second-order valence-corrected chi connectivity index (χ2v) is 10.5. The molecule has 0 saturated carbocycles. The van der Waals surface area contributed by atoms with Crippen LogP contribution in [0.4, 0.5) is 0 Å². The van der Waals surface area contributed by atoms with Crippen LogP contribution < -0.4 is 5.32 Å². The lowest BCUT2D eigenvalue weighted by atomic mass is 9.87. The number of hydrogen-bond acceptors (Lipinski definition) is 4. The summed E-state index contributed by atoms with van der Waals surface area (Å²) in [7, 11) is 1.56. The molecule has 2 rings (SSSR count). The predicted molar refractivity (Wildman–Crippen MR) is 109 cm³/mol. The van der Waals surface area contributed by atoms with Crippen LogP contribution in [-0.2, 0) is 16.6 Å². The van der Waals surface area contributed by atoms with Gasteiger partial charge in [-0.05, 0) is 30.4 Å². The van der Waals surface area contributed by atoms with Gasteiger partial charge in [-0.15, -0.1) is 11.3 Å². The Bertz CT molecular complexity index is 709. The van der Waals surface area contributed by atoms with Crippen LogP contribution in [-0.4, -0.2) is 57.8 Å². The molecule has 0 spiro atoms. The van der Waals surface area contributed by atoms with Crippen LogP contribution in [0.15, 0.2) is 21.3 Å². The van der Waals surface area contributed by atoms with Gasteiger partial charge in [0.2, 0.25) is 0 Å². The number of thiophene rings is 1. The van der Waals surface area contributed by atoms with Gasteiger partial charge in [0.1, 0.15) is 4.21 Å². The first-order chi connectivity index (χ1) is 12.3. The number of likely N-dealkylation sites (tertiary alicyclic amines) is 1. The number of aliphatic imine (C=N–C) groups is 1. The lowest BCUT2D eigenvalue weighted by molar-refractivity contribution is 0.319. The average Bonchev–Trinajstić information content (AvgIpc) is 3.27. The highest BCUT2D eigenvalue weighted by molar-refractivity contribution is 7.91. The molecule has 8 heteroatoms. The maximum Gasteiger partial charge on any atom is 0.252 e. The summed E-state index contributed by atoms with van der Waals surface area (Å²) in [4.78, 5) is 7.74. The molecule has 0 aromatic carbocycles. The van der Waals surface area contributed by atoms with Gasteiger partial charge in [-0.25, -0.2) is 12.7 Å². The summed E-state index contributed by atoms with van der Waals surface area (Å²) in [6, 6.07) is 3.55. The van der Waals surface area contributed by atoms with Crippen LogP contribution in [0.2, 0.25) is 0 Å². The van der Waals surface area contributed by atoms with Gasteiger partial charge in [-0.3, -0.25) is 4.99 Å². The molecule has 148 valence electrons. The molecule has 0 amide bonds. The molecular weight excluding hydrogens is 368 g/mol. The van der Waals surface area contributed by atoms with E-state index in [-0.39, 0.29) is 0 Å². The SMILES string of the molecule is CCC(CC)C1CCN(C(=NC)NCc2ccc(S(=O)(=O)N(C)C)s2)C1. The smallest absolute Gasteiger partial charge is 0.252 e. The molecule has 1 saturated heterocycles. The van der Waals surface area contributed by atoms with Gasteiger partial charge in [-0.1, -0.05) is 26.7 Å². The fourth-order valence-corrected chi connectivity index (χ4v) is 6.05. The molecule has 1 N–H and O–H groups in total. The highest BCUT2D eigenvalue weighted by Gasteiger charge is 2.29. The van der Waals surface area contributed by atoms with Gasteiger partial charge in [-0.2, -0.15) is 0 Å². The molecule has 1 unspecified atom stereocenters. The summed E-state index contributed by atoms with van der Waals surface area (Å²) in [6.07, 6.45) is 3.69. The van der Waals surface area contributed by atoms with Gasteiger partial charge >= 0.3 is 0 Å². The second-order valence-electron chi connectivity index (χ2n) is 6.98. The number of sulfonamides is 1. The minimum absolute atomic E-state index is 0.379. The molecule has 2 heterocycles. The van der Waals surface area contributed by atoms with E-state index in [4.69, 9.17) is 0 Å². The van der Waals surface area contributed by atoms with E-state index in [0.29, 0.717) is 10.8 Å². The first-order valence-corrected chi connectivity index (χ1v) is 11.6. The number of hydrogen-bond donors (Lipinski definition) is 1. The van der Waals surface area contributed by atoms with Crippen molar-refractivity contribution in [1.82, 2.24) is 14.5 Å². The Kier molecular flexibility index (Phi) is 7.49. The summed E-state index contributed by atoms with van der Waals surface area (Å²) in [5.41, 5.74) is 0. The van der Waals surface area contributed by atoms with Crippen LogP contribution >= 0.6 is 11.3 Å². The first kappa shape index (κ1) is 21.2. The van der Waals surface area contributed by atoms with Crippen molar-refractivity contribution in [2.45, 2.75) is 43.9 Å². The molecule has 1 aromatic heterocycles. The van der Waals surface area contributed by atoms with Crippen molar-refractivity contribution in [2.75, 3.05) is 34.2 Å². The van der Waals surface area contributed by atoms with E-state index >= 15 is 0 Å². The second kappa shape index (κ2) is 9.19. The minimum Gasteiger partial charge on any atom is -0.351 e. The topological polar surface area (TPSA) is 65.0 Å². The van der Waals surface area contributed by atoms with Crippen molar-refractivity contribution in [3.05, 3.63) is 17.0 Å². The quantitative estimate of drug-likeness (QED) is 0.565. The largest absolute Gasteiger partial charge is 0.351 e. The van der Waals surface area contributed by atoms with Crippen molar-refractivity contribution in [3.63, 3.8) is 0 Å². The summed E-state index contributed by atoms with van der Waals surface area (Å²) in [5, 5.41) is 3.40. The Morgan fingerprint density at radius 1 is 1.38 bits per heavy atom. The Morgan fingerprint density at radius 3 is 2.65 bits per heavy atom. The molecular formula is C18H32N4O2S2. The van der Waals surface area contributed by atoms with E-state index in [1.807, 2.05) is 13.1 Å². The molecule has 0 bridgehead atoms. The van der Waals surface area contributed by atoms with E-state index in [1.54, 1.807) is 20.2 Å². The van der Waals surface area contributed by atoms with Crippen LogP contribution in [0.3, 0.4) is 0 Å². The maximum atomic E-state index is 12.2. The third-order valence-electron chi connectivity index (χ3n) is 5.24. The normalized spacial score (nSPS) is 19.0.